The summed E-state index contributed by atoms with van der Waals surface area (Å²) >= 11 is 7.82. The van der Waals surface area contributed by atoms with Gasteiger partial charge in [-0.15, -0.1) is 11.8 Å². The Kier molecular flexibility index (Phi) is 4.66. The van der Waals surface area contributed by atoms with Crippen LogP contribution in [0.15, 0.2) is 35.2 Å². The van der Waals surface area contributed by atoms with Crippen LogP contribution in [0.1, 0.15) is 43.1 Å². The van der Waals surface area contributed by atoms with Gasteiger partial charge in [-0.05, 0) is 25.0 Å². The zero-order valence-corrected chi connectivity index (χ0v) is 13.3. The molecule has 3 rings (SSSR count). The SMILES string of the molecule is Nc1cc(C2CCCC2)nc(CSc2ccccc2Cl)n1. The summed E-state index contributed by atoms with van der Waals surface area (Å²) in [6.07, 6.45) is 5.01. The van der Waals surface area contributed by atoms with Gasteiger partial charge in [0.1, 0.15) is 11.6 Å². The van der Waals surface area contributed by atoms with E-state index in [0.717, 1.165) is 21.4 Å². The maximum Gasteiger partial charge on any atom is 0.141 e. The number of hydrogen-bond donors (Lipinski definition) is 1. The van der Waals surface area contributed by atoms with E-state index in [9.17, 15) is 0 Å². The van der Waals surface area contributed by atoms with E-state index in [1.807, 2.05) is 30.3 Å². The van der Waals surface area contributed by atoms with Crippen molar-refractivity contribution in [3.8, 4) is 0 Å². The first kappa shape index (κ1) is 14.7. The lowest BCUT2D eigenvalue weighted by Gasteiger charge is -2.11. The highest BCUT2D eigenvalue weighted by Gasteiger charge is 2.19. The van der Waals surface area contributed by atoms with Crippen LogP contribution in [0.5, 0.6) is 0 Å². The molecule has 2 aromatic rings. The fourth-order valence-corrected chi connectivity index (χ4v) is 3.83. The van der Waals surface area contributed by atoms with Crippen molar-refractivity contribution in [1.82, 2.24) is 9.97 Å². The summed E-state index contributed by atoms with van der Waals surface area (Å²) in [6, 6.07) is 9.75. The second-order valence-corrected chi connectivity index (χ2v) is 6.76. The summed E-state index contributed by atoms with van der Waals surface area (Å²) in [4.78, 5) is 10.1. The number of aromatic nitrogens is 2. The van der Waals surface area contributed by atoms with E-state index in [1.54, 1.807) is 11.8 Å². The molecule has 1 aromatic carbocycles. The van der Waals surface area contributed by atoms with Crippen molar-refractivity contribution in [3.05, 3.63) is 46.9 Å². The maximum absolute atomic E-state index is 6.17. The zero-order chi connectivity index (χ0) is 14.7. The number of benzene rings is 1. The van der Waals surface area contributed by atoms with Crippen molar-refractivity contribution < 1.29 is 0 Å². The predicted molar refractivity (Wildman–Crippen MR) is 88.7 cm³/mol. The van der Waals surface area contributed by atoms with Crippen molar-refractivity contribution in [2.45, 2.75) is 42.2 Å². The fraction of sp³-hybridized carbons (Fsp3) is 0.375. The first-order chi connectivity index (χ1) is 10.2. The number of thioether (sulfide) groups is 1. The van der Waals surface area contributed by atoms with Gasteiger partial charge >= 0.3 is 0 Å². The molecule has 1 saturated carbocycles. The normalized spacial score (nSPS) is 15.5. The van der Waals surface area contributed by atoms with E-state index in [2.05, 4.69) is 4.98 Å². The van der Waals surface area contributed by atoms with Crippen molar-refractivity contribution in [3.63, 3.8) is 0 Å². The first-order valence-corrected chi connectivity index (χ1v) is 8.59. The molecule has 5 heteroatoms. The van der Waals surface area contributed by atoms with E-state index in [1.165, 1.54) is 25.7 Å². The Morgan fingerprint density at radius 3 is 2.71 bits per heavy atom. The van der Waals surface area contributed by atoms with Crippen LogP contribution < -0.4 is 5.73 Å². The van der Waals surface area contributed by atoms with Gasteiger partial charge in [0.2, 0.25) is 0 Å². The summed E-state index contributed by atoms with van der Waals surface area (Å²) < 4.78 is 0. The molecule has 0 unspecified atom stereocenters. The molecule has 1 fully saturated rings. The van der Waals surface area contributed by atoms with Gasteiger partial charge in [-0.2, -0.15) is 0 Å². The molecule has 0 radical (unpaired) electrons. The number of nitrogen functional groups attached to an aromatic ring is 1. The molecule has 0 bridgehead atoms. The van der Waals surface area contributed by atoms with Gasteiger partial charge in [-0.1, -0.05) is 36.6 Å². The molecule has 110 valence electrons. The molecule has 0 saturated heterocycles. The molecular formula is C16H18ClN3S. The number of rotatable bonds is 4. The lowest BCUT2D eigenvalue weighted by atomic mass is 10.0. The van der Waals surface area contributed by atoms with E-state index in [4.69, 9.17) is 22.3 Å². The minimum Gasteiger partial charge on any atom is -0.384 e. The molecule has 0 atom stereocenters. The van der Waals surface area contributed by atoms with E-state index in [0.29, 0.717) is 17.5 Å². The highest BCUT2D eigenvalue weighted by molar-refractivity contribution is 7.98. The second kappa shape index (κ2) is 6.67. The van der Waals surface area contributed by atoms with Crippen LogP contribution >= 0.6 is 23.4 Å². The van der Waals surface area contributed by atoms with Crippen LogP contribution in [0, 0.1) is 0 Å². The number of nitrogens with zero attached hydrogens (tertiary/aromatic N) is 2. The number of nitrogens with two attached hydrogens (primary N) is 1. The van der Waals surface area contributed by atoms with Gasteiger partial charge in [0, 0.05) is 22.6 Å². The van der Waals surface area contributed by atoms with Gasteiger partial charge in [0.05, 0.1) is 10.8 Å². The summed E-state index contributed by atoms with van der Waals surface area (Å²) in [5.41, 5.74) is 7.05. The van der Waals surface area contributed by atoms with Gasteiger partial charge in [0.15, 0.2) is 0 Å². The minimum atomic E-state index is 0.555. The monoisotopic (exact) mass is 319 g/mol. The molecule has 0 spiro atoms. The van der Waals surface area contributed by atoms with Gasteiger partial charge in [-0.3, -0.25) is 0 Å². The summed E-state index contributed by atoms with van der Waals surface area (Å²) in [5.74, 6) is 2.61. The van der Waals surface area contributed by atoms with Crippen molar-refractivity contribution >= 4 is 29.2 Å². The Labute approximate surface area is 134 Å². The summed E-state index contributed by atoms with van der Waals surface area (Å²) in [7, 11) is 0. The van der Waals surface area contributed by atoms with Crippen LogP contribution in [0.25, 0.3) is 0 Å². The van der Waals surface area contributed by atoms with Crippen LogP contribution in [0.4, 0.5) is 5.82 Å². The molecule has 1 heterocycles. The van der Waals surface area contributed by atoms with E-state index in [-0.39, 0.29) is 0 Å². The highest BCUT2D eigenvalue weighted by atomic mass is 35.5. The van der Waals surface area contributed by atoms with Gasteiger partial charge < -0.3 is 5.73 Å². The molecule has 1 aliphatic carbocycles. The lowest BCUT2D eigenvalue weighted by molar-refractivity contribution is 0.689. The van der Waals surface area contributed by atoms with Crippen LogP contribution in [0.3, 0.4) is 0 Å². The first-order valence-electron chi connectivity index (χ1n) is 7.23. The van der Waals surface area contributed by atoms with Crippen LogP contribution in [-0.2, 0) is 5.75 Å². The van der Waals surface area contributed by atoms with E-state index < -0.39 is 0 Å². The zero-order valence-electron chi connectivity index (χ0n) is 11.8. The Balaban J connectivity index is 1.74. The molecular weight excluding hydrogens is 302 g/mol. The van der Waals surface area contributed by atoms with Gasteiger partial charge in [0.25, 0.3) is 0 Å². The largest absolute Gasteiger partial charge is 0.384 e. The van der Waals surface area contributed by atoms with E-state index >= 15 is 0 Å². The second-order valence-electron chi connectivity index (χ2n) is 5.33. The molecule has 1 aromatic heterocycles. The average molecular weight is 320 g/mol. The smallest absolute Gasteiger partial charge is 0.141 e. The Morgan fingerprint density at radius 2 is 1.95 bits per heavy atom. The van der Waals surface area contributed by atoms with Crippen LogP contribution in [0.2, 0.25) is 5.02 Å². The van der Waals surface area contributed by atoms with Crippen LogP contribution in [-0.4, -0.2) is 9.97 Å². The van der Waals surface area contributed by atoms with Crippen molar-refractivity contribution in [1.29, 1.82) is 0 Å². The van der Waals surface area contributed by atoms with Crippen molar-refractivity contribution in [2.24, 2.45) is 0 Å². The molecule has 3 nitrogen and oxygen atoms in total. The number of halogens is 1. The predicted octanol–water partition coefficient (Wildman–Crippen LogP) is 4.66. The van der Waals surface area contributed by atoms with Crippen molar-refractivity contribution in [2.75, 3.05) is 5.73 Å². The third kappa shape index (κ3) is 3.69. The highest BCUT2D eigenvalue weighted by Crippen LogP contribution is 2.34. The minimum absolute atomic E-state index is 0.555. The molecule has 21 heavy (non-hydrogen) atoms. The molecule has 0 aliphatic heterocycles. The standard InChI is InChI=1S/C16H18ClN3S/c17-12-7-3-4-8-14(12)21-10-16-19-13(9-15(18)20-16)11-5-1-2-6-11/h3-4,7-9,11H,1-2,5-6,10H2,(H2,18,19,20). The fourth-order valence-electron chi connectivity index (χ4n) is 2.74. The number of anilines is 1. The summed E-state index contributed by atoms with van der Waals surface area (Å²) in [5, 5.41) is 0.766. The topological polar surface area (TPSA) is 51.8 Å². The average Bonchev–Trinajstić information content (AvgIpc) is 3.00. The third-order valence-electron chi connectivity index (χ3n) is 3.78. The lowest BCUT2D eigenvalue weighted by Crippen LogP contribution is -2.05. The molecule has 0 amide bonds. The quantitative estimate of drug-likeness (QED) is 0.832. The molecule has 2 N–H and O–H groups in total. The number of hydrogen-bond acceptors (Lipinski definition) is 4. The maximum atomic E-state index is 6.17. The summed E-state index contributed by atoms with van der Waals surface area (Å²) in [6.45, 7) is 0. The van der Waals surface area contributed by atoms with Gasteiger partial charge in [-0.25, -0.2) is 9.97 Å². The Bertz CT molecular complexity index is 627. The Hall–Kier alpha value is -1.26. The Morgan fingerprint density at radius 1 is 1.19 bits per heavy atom. The third-order valence-corrected chi connectivity index (χ3v) is 5.29. The molecule has 1 aliphatic rings.